The van der Waals surface area contributed by atoms with E-state index in [1.165, 1.54) is 0 Å². The molecule has 2 aromatic carbocycles. The summed E-state index contributed by atoms with van der Waals surface area (Å²) >= 11 is 3.34. The highest BCUT2D eigenvalue weighted by atomic mass is 79.9. The Morgan fingerprint density at radius 2 is 1.77 bits per heavy atom. The van der Waals surface area contributed by atoms with E-state index in [0.29, 0.717) is 11.4 Å². The monoisotopic (exact) mass is 461 g/mol. The molecule has 0 spiro atoms. The minimum atomic E-state index is -3.68. The first kappa shape index (κ1) is 20.8. The van der Waals surface area contributed by atoms with Crippen LogP contribution in [-0.4, -0.2) is 41.7 Å². The Labute approximate surface area is 168 Å². The average molecular weight is 463 g/mol. The minimum Gasteiger partial charge on any atom is -0.495 e. The van der Waals surface area contributed by atoms with Gasteiger partial charge in [-0.25, -0.2) is 8.42 Å². The Bertz CT molecular complexity index is 841. The maximum absolute atomic E-state index is 12.7. The van der Waals surface area contributed by atoms with E-state index in [1.54, 1.807) is 49.6 Å². The van der Waals surface area contributed by atoms with Crippen molar-refractivity contribution in [2.24, 2.45) is 0 Å². The average Bonchev–Trinajstić information content (AvgIpc) is 2.63. The number of piperazine rings is 1. The molecule has 1 heterocycles. The zero-order valence-corrected chi connectivity index (χ0v) is 17.5. The molecule has 0 bridgehead atoms. The van der Waals surface area contributed by atoms with Crippen molar-refractivity contribution in [3.05, 3.63) is 46.9 Å². The summed E-state index contributed by atoms with van der Waals surface area (Å²) in [5.41, 5.74) is 1.31. The molecule has 1 aliphatic rings. The molecule has 2 N–H and O–H groups in total. The molecule has 142 valence electrons. The van der Waals surface area contributed by atoms with Crippen LogP contribution in [0.2, 0.25) is 0 Å². The van der Waals surface area contributed by atoms with Crippen LogP contribution in [0.15, 0.2) is 51.8 Å². The number of benzene rings is 2. The fourth-order valence-corrected chi connectivity index (χ4v) is 4.06. The lowest BCUT2D eigenvalue weighted by Crippen LogP contribution is -2.43. The maximum atomic E-state index is 12.7. The highest BCUT2D eigenvalue weighted by Gasteiger charge is 2.20. The van der Waals surface area contributed by atoms with Crippen LogP contribution in [0, 0.1) is 0 Å². The maximum Gasteiger partial charge on any atom is 0.261 e. The van der Waals surface area contributed by atoms with Gasteiger partial charge in [-0.1, -0.05) is 15.9 Å². The molecule has 9 heteroatoms. The summed E-state index contributed by atoms with van der Waals surface area (Å²) in [6.07, 6.45) is 0. The summed E-state index contributed by atoms with van der Waals surface area (Å²) < 4.78 is 34.4. The number of methoxy groups -OCH3 is 1. The molecule has 0 aliphatic carbocycles. The van der Waals surface area contributed by atoms with Gasteiger partial charge in [0.2, 0.25) is 0 Å². The normalized spacial score (nSPS) is 14.5. The van der Waals surface area contributed by atoms with Gasteiger partial charge >= 0.3 is 0 Å². The third kappa shape index (κ3) is 4.82. The number of ether oxygens (including phenoxy) is 1. The minimum absolute atomic E-state index is 0. The molecule has 0 amide bonds. The fraction of sp³-hybridized carbons (Fsp3) is 0.294. The molecule has 6 nitrogen and oxygen atoms in total. The van der Waals surface area contributed by atoms with Gasteiger partial charge in [-0.2, -0.15) is 0 Å². The number of halogens is 2. The Morgan fingerprint density at radius 1 is 1.12 bits per heavy atom. The molecular weight excluding hydrogens is 442 g/mol. The highest BCUT2D eigenvalue weighted by Crippen LogP contribution is 2.32. The van der Waals surface area contributed by atoms with Gasteiger partial charge in [0.1, 0.15) is 5.75 Å². The summed E-state index contributed by atoms with van der Waals surface area (Å²) in [7, 11) is -2.08. The van der Waals surface area contributed by atoms with Crippen molar-refractivity contribution in [2.75, 3.05) is 42.9 Å². The SMILES string of the molecule is COc1ccc(S(=O)(=O)Nc2ccc(Br)cc2)cc1N1CCNCC1.Cl. The Morgan fingerprint density at radius 3 is 2.38 bits per heavy atom. The largest absolute Gasteiger partial charge is 0.495 e. The van der Waals surface area contributed by atoms with Crippen LogP contribution < -0.4 is 19.7 Å². The lowest BCUT2D eigenvalue weighted by atomic mass is 10.2. The van der Waals surface area contributed by atoms with Crippen molar-refractivity contribution in [3.63, 3.8) is 0 Å². The van der Waals surface area contributed by atoms with E-state index in [4.69, 9.17) is 4.74 Å². The molecule has 2 aromatic rings. The molecule has 3 rings (SSSR count). The van der Waals surface area contributed by atoms with Crippen LogP contribution in [0.4, 0.5) is 11.4 Å². The van der Waals surface area contributed by atoms with Gasteiger partial charge in [0.15, 0.2) is 0 Å². The first-order chi connectivity index (χ1) is 12.0. The lowest BCUT2D eigenvalue weighted by Gasteiger charge is -2.30. The van der Waals surface area contributed by atoms with Crippen LogP contribution in [-0.2, 0) is 10.0 Å². The van der Waals surface area contributed by atoms with Gasteiger partial charge < -0.3 is 15.0 Å². The van der Waals surface area contributed by atoms with E-state index >= 15 is 0 Å². The zero-order valence-electron chi connectivity index (χ0n) is 14.2. The predicted molar refractivity (Wildman–Crippen MR) is 110 cm³/mol. The van der Waals surface area contributed by atoms with Crippen molar-refractivity contribution >= 4 is 49.7 Å². The number of nitrogens with zero attached hydrogens (tertiary/aromatic N) is 1. The Hall–Kier alpha value is -1.48. The first-order valence-electron chi connectivity index (χ1n) is 7.92. The van der Waals surface area contributed by atoms with Crippen LogP contribution in [0.5, 0.6) is 5.75 Å². The number of anilines is 2. The quantitative estimate of drug-likeness (QED) is 0.714. The summed E-state index contributed by atoms with van der Waals surface area (Å²) in [6.45, 7) is 3.33. The molecule has 0 atom stereocenters. The number of sulfonamides is 1. The van der Waals surface area contributed by atoms with Crippen molar-refractivity contribution in [1.82, 2.24) is 5.32 Å². The van der Waals surface area contributed by atoms with Gasteiger partial charge in [0, 0.05) is 36.3 Å². The van der Waals surface area contributed by atoms with Crippen LogP contribution in [0.3, 0.4) is 0 Å². The van der Waals surface area contributed by atoms with E-state index in [1.807, 2.05) is 0 Å². The molecular formula is C17H21BrClN3O3S. The molecule has 26 heavy (non-hydrogen) atoms. The summed E-state index contributed by atoms with van der Waals surface area (Å²) in [4.78, 5) is 2.35. The topological polar surface area (TPSA) is 70.7 Å². The third-order valence-electron chi connectivity index (χ3n) is 4.01. The molecule has 1 fully saturated rings. The van der Waals surface area contributed by atoms with Gasteiger partial charge in [-0.05, 0) is 42.5 Å². The highest BCUT2D eigenvalue weighted by molar-refractivity contribution is 9.10. The molecule has 1 saturated heterocycles. The molecule has 0 unspecified atom stereocenters. The van der Waals surface area contributed by atoms with E-state index in [0.717, 1.165) is 36.3 Å². The van der Waals surface area contributed by atoms with Crippen molar-refractivity contribution in [3.8, 4) is 5.75 Å². The number of nitrogens with one attached hydrogen (secondary N) is 2. The zero-order chi connectivity index (χ0) is 17.9. The summed E-state index contributed by atoms with van der Waals surface area (Å²) in [5.74, 6) is 0.671. The van der Waals surface area contributed by atoms with Gasteiger partial charge in [-0.3, -0.25) is 4.72 Å². The second-order valence-corrected chi connectivity index (χ2v) is 8.28. The van der Waals surface area contributed by atoms with E-state index in [-0.39, 0.29) is 17.3 Å². The smallest absolute Gasteiger partial charge is 0.261 e. The number of rotatable bonds is 5. The summed E-state index contributed by atoms with van der Waals surface area (Å²) in [6, 6.07) is 11.9. The van der Waals surface area contributed by atoms with Gasteiger partial charge in [-0.15, -0.1) is 12.4 Å². The molecule has 1 aliphatic heterocycles. The Balaban J connectivity index is 0.00000243. The molecule has 0 saturated carbocycles. The van der Waals surface area contributed by atoms with Crippen LogP contribution >= 0.6 is 28.3 Å². The first-order valence-corrected chi connectivity index (χ1v) is 10.2. The third-order valence-corrected chi connectivity index (χ3v) is 5.92. The van der Waals surface area contributed by atoms with E-state index < -0.39 is 10.0 Å². The van der Waals surface area contributed by atoms with Crippen LogP contribution in [0.1, 0.15) is 0 Å². The second-order valence-electron chi connectivity index (χ2n) is 5.68. The molecule has 0 aromatic heterocycles. The van der Waals surface area contributed by atoms with Gasteiger partial charge in [0.05, 0.1) is 17.7 Å². The Kier molecular flexibility index (Phi) is 7.16. The second kappa shape index (κ2) is 8.94. The summed E-state index contributed by atoms with van der Waals surface area (Å²) in [5, 5.41) is 3.29. The van der Waals surface area contributed by atoms with Crippen molar-refractivity contribution in [1.29, 1.82) is 0 Å². The van der Waals surface area contributed by atoms with Crippen molar-refractivity contribution < 1.29 is 13.2 Å². The van der Waals surface area contributed by atoms with Gasteiger partial charge in [0.25, 0.3) is 10.0 Å². The fourth-order valence-electron chi connectivity index (χ4n) is 2.72. The molecule has 0 radical (unpaired) electrons. The van der Waals surface area contributed by atoms with Crippen LogP contribution in [0.25, 0.3) is 0 Å². The predicted octanol–water partition coefficient (Wildman–Crippen LogP) is 3.09. The lowest BCUT2D eigenvalue weighted by molar-refractivity contribution is 0.412. The van der Waals surface area contributed by atoms with Crippen molar-refractivity contribution in [2.45, 2.75) is 4.90 Å². The van der Waals surface area contributed by atoms with E-state index in [9.17, 15) is 8.42 Å². The number of hydrogen-bond donors (Lipinski definition) is 2. The van der Waals surface area contributed by atoms with E-state index in [2.05, 4.69) is 30.9 Å². The standard InChI is InChI=1S/C17H20BrN3O3S.ClH/c1-24-17-7-6-15(12-16(17)21-10-8-19-9-11-21)25(22,23)20-14-4-2-13(18)3-5-14;/h2-7,12,19-20H,8-11H2,1H3;1H. The number of hydrogen-bond acceptors (Lipinski definition) is 5.